The molecular formula is C14H13F3N2O2. The number of hydrogen-bond donors (Lipinski definition) is 1. The molecule has 0 bridgehead atoms. The highest BCUT2D eigenvalue weighted by Gasteiger charge is 2.30. The van der Waals surface area contributed by atoms with Gasteiger partial charge in [-0.1, -0.05) is 12.1 Å². The summed E-state index contributed by atoms with van der Waals surface area (Å²) in [6.07, 6.45) is -3.37. The third-order valence-corrected chi connectivity index (χ3v) is 2.48. The maximum Gasteiger partial charge on any atom is 0.416 e. The molecule has 0 aromatic heterocycles. The molecule has 1 aromatic carbocycles. The van der Waals surface area contributed by atoms with Gasteiger partial charge in [-0.05, 0) is 23.8 Å². The number of alkyl halides is 3. The van der Waals surface area contributed by atoms with E-state index in [1.165, 1.54) is 19.2 Å². The molecule has 1 aromatic rings. The zero-order valence-electron chi connectivity index (χ0n) is 11.2. The van der Waals surface area contributed by atoms with Crippen molar-refractivity contribution in [2.24, 2.45) is 0 Å². The number of amides is 1. The van der Waals surface area contributed by atoms with E-state index in [0.717, 1.165) is 18.2 Å². The predicted octanol–water partition coefficient (Wildman–Crippen LogP) is 2.37. The number of nitriles is 1. The third kappa shape index (κ3) is 5.28. The van der Waals surface area contributed by atoms with Gasteiger partial charge in [-0.15, -0.1) is 0 Å². The molecule has 0 radical (unpaired) electrons. The quantitative estimate of drug-likeness (QED) is 0.516. The van der Waals surface area contributed by atoms with Crippen molar-refractivity contribution in [3.8, 4) is 6.07 Å². The van der Waals surface area contributed by atoms with Gasteiger partial charge in [0.1, 0.15) is 11.6 Å². The molecular weight excluding hydrogens is 285 g/mol. The van der Waals surface area contributed by atoms with Crippen LogP contribution >= 0.6 is 0 Å². The Hall–Kier alpha value is -2.33. The molecule has 1 amide bonds. The first-order valence-corrected chi connectivity index (χ1v) is 5.94. The number of carbonyl (C=O) groups excluding carboxylic acids is 1. The smallest absolute Gasteiger partial charge is 0.383 e. The van der Waals surface area contributed by atoms with Gasteiger partial charge in [0.05, 0.1) is 12.2 Å². The number of benzene rings is 1. The maximum atomic E-state index is 12.6. The van der Waals surface area contributed by atoms with E-state index in [-0.39, 0.29) is 24.3 Å². The van der Waals surface area contributed by atoms with Gasteiger partial charge in [0.15, 0.2) is 0 Å². The molecule has 0 saturated heterocycles. The van der Waals surface area contributed by atoms with Gasteiger partial charge in [0.25, 0.3) is 5.91 Å². The first-order valence-electron chi connectivity index (χ1n) is 5.94. The summed E-state index contributed by atoms with van der Waals surface area (Å²) < 4.78 is 42.5. The number of nitrogens with one attached hydrogen (secondary N) is 1. The van der Waals surface area contributed by atoms with Crippen LogP contribution in [-0.2, 0) is 15.7 Å². The molecule has 0 atom stereocenters. The lowest BCUT2D eigenvalue weighted by atomic mass is 10.1. The van der Waals surface area contributed by atoms with E-state index in [1.54, 1.807) is 6.07 Å². The van der Waals surface area contributed by atoms with E-state index in [9.17, 15) is 18.0 Å². The average molecular weight is 298 g/mol. The second-order valence-electron chi connectivity index (χ2n) is 4.04. The van der Waals surface area contributed by atoms with Crippen LogP contribution in [0.2, 0.25) is 0 Å². The highest BCUT2D eigenvalue weighted by atomic mass is 19.4. The maximum absolute atomic E-state index is 12.6. The van der Waals surface area contributed by atoms with E-state index in [1.807, 2.05) is 0 Å². The van der Waals surface area contributed by atoms with Crippen molar-refractivity contribution in [3.63, 3.8) is 0 Å². The van der Waals surface area contributed by atoms with Crippen LogP contribution in [0.5, 0.6) is 0 Å². The Labute approximate surface area is 119 Å². The second-order valence-corrected chi connectivity index (χ2v) is 4.04. The molecule has 0 heterocycles. The van der Waals surface area contributed by atoms with Crippen molar-refractivity contribution in [1.29, 1.82) is 5.26 Å². The number of carbonyl (C=O) groups is 1. The van der Waals surface area contributed by atoms with Crippen molar-refractivity contribution >= 4 is 12.0 Å². The molecule has 0 fully saturated rings. The SMILES string of the molecule is COCCNC(=O)C(C#N)=Cc1cccc(C(F)(F)F)c1. The lowest BCUT2D eigenvalue weighted by Gasteiger charge is -2.07. The average Bonchev–Trinajstić information content (AvgIpc) is 2.44. The van der Waals surface area contributed by atoms with Gasteiger partial charge < -0.3 is 10.1 Å². The van der Waals surface area contributed by atoms with Crippen LogP contribution in [0.4, 0.5) is 13.2 Å². The topological polar surface area (TPSA) is 62.1 Å². The molecule has 4 nitrogen and oxygen atoms in total. The fourth-order valence-electron chi connectivity index (χ4n) is 1.48. The fourth-order valence-corrected chi connectivity index (χ4v) is 1.48. The molecule has 0 aliphatic carbocycles. The van der Waals surface area contributed by atoms with Gasteiger partial charge in [-0.2, -0.15) is 18.4 Å². The van der Waals surface area contributed by atoms with Gasteiger partial charge >= 0.3 is 6.18 Å². The Morgan fingerprint density at radius 2 is 2.19 bits per heavy atom. The fraction of sp³-hybridized carbons (Fsp3) is 0.286. The van der Waals surface area contributed by atoms with E-state index in [2.05, 4.69) is 5.32 Å². The Morgan fingerprint density at radius 1 is 1.48 bits per heavy atom. The summed E-state index contributed by atoms with van der Waals surface area (Å²) in [5, 5.41) is 11.3. The number of ether oxygens (including phenoxy) is 1. The van der Waals surface area contributed by atoms with Crippen LogP contribution in [0.15, 0.2) is 29.8 Å². The molecule has 0 spiro atoms. The minimum Gasteiger partial charge on any atom is -0.383 e. The summed E-state index contributed by atoms with van der Waals surface area (Å²) in [4.78, 5) is 11.7. The Morgan fingerprint density at radius 3 is 2.76 bits per heavy atom. The number of halogens is 3. The minimum atomic E-state index is -4.47. The summed E-state index contributed by atoms with van der Waals surface area (Å²) in [5.74, 6) is -0.660. The first-order chi connectivity index (χ1) is 9.88. The van der Waals surface area contributed by atoms with Crippen LogP contribution in [-0.4, -0.2) is 26.2 Å². The largest absolute Gasteiger partial charge is 0.416 e. The Bertz CT molecular complexity index is 574. The molecule has 0 aliphatic heterocycles. The van der Waals surface area contributed by atoms with Crippen molar-refractivity contribution in [2.45, 2.75) is 6.18 Å². The monoisotopic (exact) mass is 298 g/mol. The molecule has 0 aliphatic rings. The zero-order chi connectivity index (χ0) is 15.9. The normalized spacial score (nSPS) is 11.9. The van der Waals surface area contributed by atoms with Crippen LogP contribution < -0.4 is 5.32 Å². The van der Waals surface area contributed by atoms with Crippen LogP contribution in [0.1, 0.15) is 11.1 Å². The third-order valence-electron chi connectivity index (χ3n) is 2.48. The molecule has 7 heteroatoms. The highest BCUT2D eigenvalue weighted by molar-refractivity contribution is 6.01. The highest BCUT2D eigenvalue weighted by Crippen LogP contribution is 2.29. The van der Waals surface area contributed by atoms with Crippen molar-refractivity contribution in [2.75, 3.05) is 20.3 Å². The van der Waals surface area contributed by atoms with Crippen molar-refractivity contribution < 1.29 is 22.7 Å². The standard InChI is InChI=1S/C14H13F3N2O2/c1-21-6-5-19-13(20)11(9-18)7-10-3-2-4-12(8-10)14(15,16)17/h2-4,7-8H,5-6H2,1H3,(H,19,20). The van der Waals surface area contributed by atoms with Gasteiger partial charge in [0, 0.05) is 13.7 Å². The van der Waals surface area contributed by atoms with Crippen LogP contribution in [0.25, 0.3) is 6.08 Å². The van der Waals surface area contributed by atoms with E-state index in [0.29, 0.717) is 0 Å². The summed E-state index contributed by atoms with van der Waals surface area (Å²) in [6, 6.07) is 6.05. The minimum absolute atomic E-state index is 0.128. The van der Waals surface area contributed by atoms with E-state index >= 15 is 0 Å². The number of rotatable bonds is 5. The summed E-state index contributed by atoms with van der Waals surface area (Å²) in [5.41, 5.74) is -0.984. The predicted molar refractivity (Wildman–Crippen MR) is 69.9 cm³/mol. The summed E-state index contributed by atoms with van der Waals surface area (Å²) >= 11 is 0. The van der Waals surface area contributed by atoms with Crippen molar-refractivity contribution in [1.82, 2.24) is 5.32 Å². The van der Waals surface area contributed by atoms with Crippen LogP contribution in [0.3, 0.4) is 0 Å². The molecule has 21 heavy (non-hydrogen) atoms. The molecule has 1 rings (SSSR count). The van der Waals surface area contributed by atoms with Gasteiger partial charge in [-0.25, -0.2) is 0 Å². The Balaban J connectivity index is 2.93. The summed E-state index contributed by atoms with van der Waals surface area (Å²) in [6.45, 7) is 0.477. The van der Waals surface area contributed by atoms with Gasteiger partial charge in [0.2, 0.25) is 0 Å². The molecule has 1 N–H and O–H groups in total. The lowest BCUT2D eigenvalue weighted by molar-refractivity contribution is -0.137. The molecule has 0 saturated carbocycles. The number of nitrogens with zero attached hydrogens (tertiary/aromatic N) is 1. The molecule has 0 unspecified atom stereocenters. The Kier molecular flexibility index (Phi) is 5.93. The molecule has 112 valence electrons. The summed E-state index contributed by atoms with van der Waals surface area (Å²) in [7, 11) is 1.45. The first kappa shape index (κ1) is 16.7. The van der Waals surface area contributed by atoms with E-state index in [4.69, 9.17) is 10.00 Å². The lowest BCUT2D eigenvalue weighted by Crippen LogP contribution is -2.27. The van der Waals surface area contributed by atoms with Crippen molar-refractivity contribution in [3.05, 3.63) is 41.0 Å². The number of hydrogen-bond acceptors (Lipinski definition) is 3. The zero-order valence-corrected chi connectivity index (χ0v) is 11.2. The van der Waals surface area contributed by atoms with E-state index < -0.39 is 17.6 Å². The van der Waals surface area contributed by atoms with Crippen LogP contribution in [0, 0.1) is 11.3 Å². The second kappa shape index (κ2) is 7.45. The number of methoxy groups -OCH3 is 1. The van der Waals surface area contributed by atoms with Gasteiger partial charge in [-0.3, -0.25) is 4.79 Å².